The van der Waals surface area contributed by atoms with Gasteiger partial charge in [0.1, 0.15) is 0 Å². The average molecular weight is 277 g/mol. The second-order valence-corrected chi connectivity index (χ2v) is 5.74. The summed E-state index contributed by atoms with van der Waals surface area (Å²) in [6.45, 7) is 7.03. The van der Waals surface area contributed by atoms with Gasteiger partial charge in [0.05, 0.1) is 23.1 Å². The molecule has 19 heavy (non-hydrogen) atoms. The van der Waals surface area contributed by atoms with Crippen molar-refractivity contribution < 1.29 is 4.79 Å². The van der Waals surface area contributed by atoms with Crippen molar-refractivity contribution in [3.63, 3.8) is 0 Å². The predicted molar refractivity (Wildman–Crippen MR) is 78.9 cm³/mol. The van der Waals surface area contributed by atoms with E-state index >= 15 is 0 Å². The van der Waals surface area contributed by atoms with Gasteiger partial charge in [-0.2, -0.15) is 5.10 Å². The third-order valence-corrected chi connectivity index (χ3v) is 3.93. The zero-order valence-electron chi connectivity index (χ0n) is 11.6. The van der Waals surface area contributed by atoms with E-state index in [1.807, 2.05) is 30.0 Å². The number of unbranched alkanes of at least 4 members (excludes halogenated alkanes) is 1. The molecular formula is C14H19N3OS. The number of thiophene rings is 1. The summed E-state index contributed by atoms with van der Waals surface area (Å²) in [7, 11) is 0. The smallest absolute Gasteiger partial charge is 0.256 e. The molecular weight excluding hydrogens is 258 g/mol. The summed E-state index contributed by atoms with van der Waals surface area (Å²) in [5.41, 5.74) is 2.52. The molecule has 0 aliphatic rings. The highest BCUT2D eigenvalue weighted by molar-refractivity contribution is 7.10. The van der Waals surface area contributed by atoms with Gasteiger partial charge < -0.3 is 5.32 Å². The first kappa shape index (κ1) is 13.8. The van der Waals surface area contributed by atoms with Crippen LogP contribution in [0.2, 0.25) is 0 Å². The number of carbonyl (C=O) groups excluding carboxylic acids is 1. The summed E-state index contributed by atoms with van der Waals surface area (Å²) in [6.07, 6.45) is 3.96. The molecule has 0 bridgehead atoms. The van der Waals surface area contributed by atoms with E-state index in [0.717, 1.165) is 35.6 Å². The van der Waals surface area contributed by atoms with Crippen molar-refractivity contribution in [1.29, 1.82) is 0 Å². The van der Waals surface area contributed by atoms with Gasteiger partial charge in [0, 0.05) is 16.8 Å². The number of aryl methyl sites for hydroxylation is 2. The van der Waals surface area contributed by atoms with Crippen LogP contribution >= 0.6 is 11.3 Å². The van der Waals surface area contributed by atoms with Crippen molar-refractivity contribution in [3.8, 4) is 0 Å². The standard InChI is InChI=1S/C14H19N3OS/c1-4-5-6-17-11(3)13(8-15-17)16-14(18)12-7-10(2)19-9-12/h7-9H,4-6H2,1-3H3,(H,16,18). The number of carbonyl (C=O) groups is 1. The highest BCUT2D eigenvalue weighted by Crippen LogP contribution is 2.18. The van der Waals surface area contributed by atoms with Gasteiger partial charge in [-0.15, -0.1) is 11.3 Å². The Morgan fingerprint density at radius 1 is 1.47 bits per heavy atom. The molecule has 102 valence electrons. The van der Waals surface area contributed by atoms with Crippen LogP contribution in [0.3, 0.4) is 0 Å². The largest absolute Gasteiger partial charge is 0.319 e. The van der Waals surface area contributed by atoms with Gasteiger partial charge in [0.2, 0.25) is 0 Å². The van der Waals surface area contributed by atoms with Crippen LogP contribution in [0.15, 0.2) is 17.6 Å². The molecule has 0 saturated carbocycles. The highest BCUT2D eigenvalue weighted by Gasteiger charge is 2.12. The molecule has 5 heteroatoms. The normalized spacial score (nSPS) is 10.7. The van der Waals surface area contributed by atoms with Crippen molar-refractivity contribution in [1.82, 2.24) is 9.78 Å². The molecule has 0 spiro atoms. The molecule has 2 aromatic heterocycles. The highest BCUT2D eigenvalue weighted by atomic mass is 32.1. The van der Waals surface area contributed by atoms with E-state index in [0.29, 0.717) is 5.56 Å². The minimum Gasteiger partial charge on any atom is -0.319 e. The minimum atomic E-state index is -0.0671. The molecule has 2 heterocycles. The molecule has 0 radical (unpaired) electrons. The monoisotopic (exact) mass is 277 g/mol. The van der Waals surface area contributed by atoms with E-state index in [1.165, 1.54) is 0 Å². The third kappa shape index (κ3) is 3.23. The van der Waals surface area contributed by atoms with Crippen LogP contribution in [-0.4, -0.2) is 15.7 Å². The molecule has 0 aliphatic heterocycles. The van der Waals surface area contributed by atoms with Gasteiger partial charge >= 0.3 is 0 Å². The average Bonchev–Trinajstić information content (AvgIpc) is 2.96. The fraction of sp³-hybridized carbons (Fsp3) is 0.429. The van der Waals surface area contributed by atoms with Crippen LogP contribution in [-0.2, 0) is 6.54 Å². The van der Waals surface area contributed by atoms with Gasteiger partial charge in [-0.25, -0.2) is 0 Å². The number of nitrogens with one attached hydrogen (secondary N) is 1. The van der Waals surface area contributed by atoms with E-state index in [2.05, 4.69) is 17.3 Å². The second-order valence-electron chi connectivity index (χ2n) is 4.62. The summed E-state index contributed by atoms with van der Waals surface area (Å²) in [5, 5.41) is 9.11. The molecule has 4 nitrogen and oxygen atoms in total. The molecule has 2 aromatic rings. The lowest BCUT2D eigenvalue weighted by Crippen LogP contribution is -2.11. The Balaban J connectivity index is 2.07. The first-order chi connectivity index (χ1) is 9.11. The summed E-state index contributed by atoms with van der Waals surface area (Å²) >= 11 is 1.58. The van der Waals surface area contributed by atoms with Crippen LogP contribution in [0, 0.1) is 13.8 Å². The molecule has 0 aromatic carbocycles. The van der Waals surface area contributed by atoms with Gasteiger partial charge in [0.25, 0.3) is 5.91 Å². The summed E-state index contributed by atoms with van der Waals surface area (Å²) in [4.78, 5) is 13.2. The molecule has 0 aliphatic carbocycles. The number of aromatic nitrogens is 2. The number of hydrogen-bond acceptors (Lipinski definition) is 3. The topological polar surface area (TPSA) is 46.9 Å². The third-order valence-electron chi connectivity index (χ3n) is 3.07. The van der Waals surface area contributed by atoms with Crippen molar-refractivity contribution >= 4 is 22.9 Å². The fourth-order valence-corrected chi connectivity index (χ4v) is 2.54. The molecule has 0 saturated heterocycles. The Bertz CT molecular complexity index is 571. The van der Waals surface area contributed by atoms with Crippen LogP contribution in [0.5, 0.6) is 0 Å². The zero-order valence-corrected chi connectivity index (χ0v) is 12.4. The molecule has 1 N–H and O–H groups in total. The van der Waals surface area contributed by atoms with Crippen molar-refractivity contribution in [2.24, 2.45) is 0 Å². The van der Waals surface area contributed by atoms with E-state index in [9.17, 15) is 4.79 Å². The summed E-state index contributed by atoms with van der Waals surface area (Å²) in [6, 6.07) is 1.90. The van der Waals surface area contributed by atoms with E-state index < -0.39 is 0 Å². The lowest BCUT2D eigenvalue weighted by molar-refractivity contribution is 0.102. The SMILES string of the molecule is CCCCn1ncc(NC(=O)c2csc(C)c2)c1C. The molecule has 0 unspecified atom stereocenters. The maximum Gasteiger partial charge on any atom is 0.256 e. The molecule has 1 amide bonds. The first-order valence-electron chi connectivity index (χ1n) is 6.50. The van der Waals surface area contributed by atoms with Crippen LogP contribution in [0.25, 0.3) is 0 Å². The number of anilines is 1. The van der Waals surface area contributed by atoms with Crippen molar-refractivity contribution in [3.05, 3.63) is 33.8 Å². The Morgan fingerprint density at radius 2 is 2.26 bits per heavy atom. The quantitative estimate of drug-likeness (QED) is 0.907. The maximum absolute atomic E-state index is 12.1. The Morgan fingerprint density at radius 3 is 2.89 bits per heavy atom. The van der Waals surface area contributed by atoms with Gasteiger partial charge in [-0.3, -0.25) is 9.48 Å². The van der Waals surface area contributed by atoms with Gasteiger partial charge in [-0.1, -0.05) is 13.3 Å². The summed E-state index contributed by atoms with van der Waals surface area (Å²) < 4.78 is 1.94. The minimum absolute atomic E-state index is 0.0671. The Hall–Kier alpha value is -1.62. The van der Waals surface area contributed by atoms with Crippen LogP contribution < -0.4 is 5.32 Å². The second kappa shape index (κ2) is 6.02. The van der Waals surface area contributed by atoms with E-state index in [-0.39, 0.29) is 5.91 Å². The zero-order chi connectivity index (χ0) is 13.8. The van der Waals surface area contributed by atoms with Crippen molar-refractivity contribution in [2.75, 3.05) is 5.32 Å². The van der Waals surface area contributed by atoms with Crippen LogP contribution in [0.1, 0.15) is 40.7 Å². The first-order valence-corrected chi connectivity index (χ1v) is 7.38. The number of nitrogens with zero attached hydrogens (tertiary/aromatic N) is 2. The maximum atomic E-state index is 12.1. The molecule has 0 atom stereocenters. The predicted octanol–water partition coefficient (Wildman–Crippen LogP) is 3.61. The van der Waals surface area contributed by atoms with E-state index in [4.69, 9.17) is 0 Å². The van der Waals surface area contributed by atoms with Crippen molar-refractivity contribution in [2.45, 2.75) is 40.2 Å². The Labute approximate surface area is 117 Å². The molecule has 2 rings (SSSR count). The summed E-state index contributed by atoms with van der Waals surface area (Å²) in [5.74, 6) is -0.0671. The van der Waals surface area contributed by atoms with E-state index in [1.54, 1.807) is 17.5 Å². The number of hydrogen-bond donors (Lipinski definition) is 1. The van der Waals surface area contributed by atoms with Gasteiger partial charge in [0.15, 0.2) is 0 Å². The number of amides is 1. The Kier molecular flexibility index (Phi) is 4.37. The van der Waals surface area contributed by atoms with Crippen LogP contribution in [0.4, 0.5) is 5.69 Å². The lowest BCUT2D eigenvalue weighted by atomic mass is 10.3. The fourth-order valence-electron chi connectivity index (χ4n) is 1.86. The lowest BCUT2D eigenvalue weighted by Gasteiger charge is -2.05. The number of rotatable bonds is 5. The molecule has 0 fully saturated rings. The van der Waals surface area contributed by atoms with Gasteiger partial charge in [-0.05, 0) is 26.3 Å².